The summed E-state index contributed by atoms with van der Waals surface area (Å²) in [5.41, 5.74) is 9.34. The zero-order valence-corrected chi connectivity index (χ0v) is 13.4. The highest BCUT2D eigenvalue weighted by Crippen LogP contribution is 2.32. The summed E-state index contributed by atoms with van der Waals surface area (Å²) in [6.07, 6.45) is 5.19. The minimum atomic E-state index is -0.125. The summed E-state index contributed by atoms with van der Waals surface area (Å²) >= 11 is 0. The molecule has 0 saturated heterocycles. The molecule has 1 unspecified atom stereocenters. The highest BCUT2D eigenvalue weighted by atomic mass is 16.3. The minimum absolute atomic E-state index is 0.00721. The number of hydrogen-bond acceptors (Lipinski definition) is 5. The lowest BCUT2D eigenvalue weighted by atomic mass is 9.98. The number of rotatable bonds is 3. The number of benzene rings is 1. The third kappa shape index (κ3) is 2.89. The van der Waals surface area contributed by atoms with Crippen LogP contribution in [0, 0.1) is 0 Å². The Balaban J connectivity index is 1.83. The van der Waals surface area contributed by atoms with Crippen molar-refractivity contribution in [1.82, 2.24) is 15.0 Å². The standard InChI is InChI=1S/C19H17N5O/c20-18-15(25)10-14(11-22-18)17-16(12-6-8-21-9-7-12)23-19(24-17)13-4-2-1-3-5-13/h1-10,14,25H,11H2,(H2,20,22)(H,23,24). The molecule has 0 fully saturated rings. The number of nitrogens with two attached hydrogens (primary N) is 1. The predicted octanol–water partition coefficient (Wildman–Crippen LogP) is 3.04. The molecule has 3 heterocycles. The van der Waals surface area contributed by atoms with Crippen LogP contribution in [0.2, 0.25) is 0 Å². The molecule has 0 saturated carbocycles. The molecule has 3 aromatic rings. The lowest BCUT2D eigenvalue weighted by Crippen LogP contribution is -2.21. The smallest absolute Gasteiger partial charge is 0.160 e. The van der Waals surface area contributed by atoms with Crippen molar-refractivity contribution in [3.63, 3.8) is 0 Å². The van der Waals surface area contributed by atoms with E-state index in [1.807, 2.05) is 42.5 Å². The highest BCUT2D eigenvalue weighted by Gasteiger charge is 2.23. The number of H-pyrrole nitrogens is 1. The first kappa shape index (κ1) is 15.1. The van der Waals surface area contributed by atoms with Gasteiger partial charge in [0.2, 0.25) is 0 Å². The van der Waals surface area contributed by atoms with Gasteiger partial charge in [0.15, 0.2) is 11.6 Å². The van der Waals surface area contributed by atoms with Crippen molar-refractivity contribution in [1.29, 1.82) is 0 Å². The maximum atomic E-state index is 9.96. The van der Waals surface area contributed by atoms with Gasteiger partial charge in [0.25, 0.3) is 0 Å². The summed E-state index contributed by atoms with van der Waals surface area (Å²) in [4.78, 5) is 16.5. The number of hydrogen-bond donors (Lipinski definition) is 3. The second-order valence-electron chi connectivity index (χ2n) is 5.83. The summed E-state index contributed by atoms with van der Waals surface area (Å²) in [5.74, 6) is 0.829. The Labute approximate surface area is 144 Å². The molecule has 6 nitrogen and oxygen atoms in total. The van der Waals surface area contributed by atoms with Gasteiger partial charge in [-0.1, -0.05) is 30.3 Å². The number of nitrogens with one attached hydrogen (secondary N) is 1. The molecule has 1 aliphatic heterocycles. The van der Waals surface area contributed by atoms with Gasteiger partial charge in [-0.3, -0.25) is 9.98 Å². The fourth-order valence-electron chi connectivity index (χ4n) is 2.90. The molecule has 0 bridgehead atoms. The molecule has 0 amide bonds. The summed E-state index contributed by atoms with van der Waals surface area (Å²) in [5, 5.41) is 9.96. The van der Waals surface area contributed by atoms with Gasteiger partial charge in [0, 0.05) is 29.4 Å². The molecule has 4 N–H and O–H groups in total. The van der Waals surface area contributed by atoms with Gasteiger partial charge in [0.05, 0.1) is 17.9 Å². The summed E-state index contributed by atoms with van der Waals surface area (Å²) in [6, 6.07) is 13.8. The largest absolute Gasteiger partial charge is 0.504 e. The predicted molar refractivity (Wildman–Crippen MR) is 97.2 cm³/mol. The highest BCUT2D eigenvalue weighted by molar-refractivity contribution is 5.95. The maximum absolute atomic E-state index is 9.96. The van der Waals surface area contributed by atoms with Gasteiger partial charge in [-0.2, -0.15) is 0 Å². The summed E-state index contributed by atoms with van der Waals surface area (Å²) in [6.45, 7) is 0.463. The number of aliphatic hydroxyl groups excluding tert-OH is 1. The Bertz CT molecular complexity index is 944. The third-order valence-corrected chi connectivity index (χ3v) is 4.18. The lowest BCUT2D eigenvalue weighted by Gasteiger charge is -2.16. The number of amidine groups is 1. The van der Waals surface area contributed by atoms with Crippen LogP contribution < -0.4 is 5.73 Å². The van der Waals surface area contributed by atoms with Crippen molar-refractivity contribution in [3.05, 3.63) is 72.4 Å². The number of aliphatic hydroxyl groups is 1. The van der Waals surface area contributed by atoms with E-state index in [1.54, 1.807) is 18.5 Å². The van der Waals surface area contributed by atoms with Gasteiger partial charge in [0.1, 0.15) is 5.82 Å². The van der Waals surface area contributed by atoms with Crippen molar-refractivity contribution in [2.45, 2.75) is 5.92 Å². The molecule has 0 aliphatic carbocycles. The number of aromatic nitrogens is 3. The molecular formula is C19H17N5O. The van der Waals surface area contributed by atoms with Gasteiger partial charge in [-0.15, -0.1) is 0 Å². The molecule has 6 heteroatoms. The van der Waals surface area contributed by atoms with Crippen LogP contribution in [0.1, 0.15) is 11.6 Å². The van der Waals surface area contributed by atoms with E-state index in [9.17, 15) is 5.11 Å². The molecule has 124 valence electrons. The van der Waals surface area contributed by atoms with Crippen LogP contribution in [0.3, 0.4) is 0 Å². The van der Waals surface area contributed by atoms with E-state index in [-0.39, 0.29) is 17.5 Å². The maximum Gasteiger partial charge on any atom is 0.160 e. The van der Waals surface area contributed by atoms with Gasteiger partial charge < -0.3 is 15.8 Å². The van der Waals surface area contributed by atoms with E-state index in [0.29, 0.717) is 6.54 Å². The van der Waals surface area contributed by atoms with Gasteiger partial charge in [-0.05, 0) is 18.2 Å². The Hall–Kier alpha value is -3.41. The van der Waals surface area contributed by atoms with Crippen molar-refractivity contribution < 1.29 is 5.11 Å². The molecular weight excluding hydrogens is 314 g/mol. The van der Waals surface area contributed by atoms with E-state index in [1.165, 1.54) is 0 Å². The van der Waals surface area contributed by atoms with E-state index < -0.39 is 0 Å². The third-order valence-electron chi connectivity index (χ3n) is 4.18. The molecule has 2 aromatic heterocycles. The molecule has 1 atom stereocenters. The normalized spacial score (nSPS) is 17.0. The topological polar surface area (TPSA) is 100 Å². The first-order valence-electron chi connectivity index (χ1n) is 7.99. The average molecular weight is 331 g/mol. The monoisotopic (exact) mass is 331 g/mol. The molecule has 4 rings (SSSR count). The molecule has 0 spiro atoms. The Kier molecular flexibility index (Phi) is 3.78. The summed E-state index contributed by atoms with van der Waals surface area (Å²) < 4.78 is 0. The lowest BCUT2D eigenvalue weighted by molar-refractivity contribution is 0.433. The first-order valence-corrected chi connectivity index (χ1v) is 7.99. The van der Waals surface area contributed by atoms with Crippen LogP contribution in [0.15, 0.2) is 71.7 Å². The molecule has 1 aliphatic rings. The molecule has 1 aromatic carbocycles. The van der Waals surface area contributed by atoms with Crippen LogP contribution in [0.4, 0.5) is 0 Å². The fraction of sp³-hybridized carbons (Fsp3) is 0.105. The second kappa shape index (κ2) is 6.24. The zero-order chi connectivity index (χ0) is 17.2. The molecule has 0 radical (unpaired) electrons. The van der Waals surface area contributed by atoms with Crippen LogP contribution in [0.5, 0.6) is 0 Å². The number of imidazole rings is 1. The number of pyridine rings is 1. The Morgan fingerprint density at radius 1 is 1.04 bits per heavy atom. The second-order valence-corrected chi connectivity index (χ2v) is 5.83. The number of aliphatic imine (C=N–C) groups is 1. The Morgan fingerprint density at radius 2 is 1.80 bits per heavy atom. The Morgan fingerprint density at radius 3 is 2.52 bits per heavy atom. The van der Waals surface area contributed by atoms with Crippen molar-refractivity contribution in [2.75, 3.05) is 6.54 Å². The average Bonchev–Trinajstić information content (AvgIpc) is 3.11. The van der Waals surface area contributed by atoms with E-state index >= 15 is 0 Å². The van der Waals surface area contributed by atoms with Crippen molar-refractivity contribution >= 4 is 5.84 Å². The van der Waals surface area contributed by atoms with E-state index in [4.69, 9.17) is 10.7 Å². The zero-order valence-electron chi connectivity index (χ0n) is 13.4. The van der Waals surface area contributed by atoms with Crippen LogP contribution in [-0.2, 0) is 0 Å². The SMILES string of the molecule is NC1=NCC(c2[nH]c(-c3ccccc3)nc2-c2ccncc2)C=C1O. The summed E-state index contributed by atoms with van der Waals surface area (Å²) in [7, 11) is 0. The van der Waals surface area contributed by atoms with Gasteiger partial charge >= 0.3 is 0 Å². The number of dihydropyridines is 1. The van der Waals surface area contributed by atoms with Crippen LogP contribution in [-0.4, -0.2) is 32.4 Å². The number of aromatic amines is 1. The van der Waals surface area contributed by atoms with Crippen LogP contribution >= 0.6 is 0 Å². The number of nitrogens with zero attached hydrogens (tertiary/aromatic N) is 3. The van der Waals surface area contributed by atoms with Crippen LogP contribution in [0.25, 0.3) is 22.6 Å². The minimum Gasteiger partial charge on any atom is -0.504 e. The molecule has 25 heavy (non-hydrogen) atoms. The fourth-order valence-corrected chi connectivity index (χ4v) is 2.90. The van der Waals surface area contributed by atoms with Crippen molar-refractivity contribution in [2.24, 2.45) is 10.7 Å². The van der Waals surface area contributed by atoms with E-state index in [2.05, 4.69) is 15.0 Å². The first-order chi connectivity index (χ1) is 12.2. The quantitative estimate of drug-likeness (QED) is 0.686. The van der Waals surface area contributed by atoms with Gasteiger partial charge in [-0.25, -0.2) is 4.98 Å². The van der Waals surface area contributed by atoms with Crippen molar-refractivity contribution in [3.8, 4) is 22.6 Å². The van der Waals surface area contributed by atoms with E-state index in [0.717, 1.165) is 28.3 Å².